The van der Waals surface area contributed by atoms with E-state index in [1.54, 1.807) is 12.1 Å². The number of nitrogens with one attached hydrogen (secondary N) is 1. The molecule has 0 aliphatic carbocycles. The molecule has 0 saturated carbocycles. The topological polar surface area (TPSA) is 75.6 Å². The largest absolute Gasteiger partial charge is 0.496 e. The molecule has 0 aromatic heterocycles. The van der Waals surface area contributed by atoms with Gasteiger partial charge in [0.15, 0.2) is 11.4 Å². The molecule has 2 aromatic rings. The van der Waals surface area contributed by atoms with Crippen molar-refractivity contribution in [3.05, 3.63) is 58.4 Å². The molecule has 24 heavy (non-hydrogen) atoms. The summed E-state index contributed by atoms with van der Waals surface area (Å²) >= 11 is 5.92. The summed E-state index contributed by atoms with van der Waals surface area (Å²) in [5.41, 5.74) is -1.34. The van der Waals surface area contributed by atoms with Gasteiger partial charge in [-0.2, -0.15) is 0 Å². The first-order valence-corrected chi connectivity index (χ1v) is 7.43. The third-order valence-corrected chi connectivity index (χ3v) is 4.17. The smallest absolute Gasteiger partial charge is 0.261 e. The quantitative estimate of drug-likeness (QED) is 0.832. The summed E-state index contributed by atoms with van der Waals surface area (Å²) in [4.78, 5) is 24.8. The van der Waals surface area contributed by atoms with Crippen molar-refractivity contribution >= 4 is 29.0 Å². The molecule has 2 N–H and O–H groups in total. The van der Waals surface area contributed by atoms with Crippen LogP contribution in [0.1, 0.15) is 22.3 Å². The Kier molecular flexibility index (Phi) is 4.03. The summed E-state index contributed by atoms with van der Waals surface area (Å²) < 4.78 is 18.3. The lowest BCUT2D eigenvalue weighted by molar-refractivity contribution is -0.133. The molecule has 1 amide bonds. The fourth-order valence-electron chi connectivity index (χ4n) is 2.71. The van der Waals surface area contributed by atoms with Gasteiger partial charge < -0.3 is 15.2 Å². The SMILES string of the molecule is COc1cc(F)ccc1C(=O)CC1(O)C(=O)Nc2ccc(Cl)cc21. The van der Waals surface area contributed by atoms with Gasteiger partial charge in [-0.25, -0.2) is 4.39 Å². The molecule has 1 unspecified atom stereocenters. The van der Waals surface area contributed by atoms with Gasteiger partial charge in [0.25, 0.3) is 5.91 Å². The first-order chi connectivity index (χ1) is 11.3. The van der Waals surface area contributed by atoms with Gasteiger partial charge in [-0.05, 0) is 30.3 Å². The predicted molar refractivity (Wildman–Crippen MR) is 85.9 cm³/mol. The van der Waals surface area contributed by atoms with Gasteiger partial charge in [0, 0.05) is 22.3 Å². The number of ketones is 1. The summed E-state index contributed by atoms with van der Waals surface area (Å²) in [6.07, 6.45) is -0.520. The van der Waals surface area contributed by atoms with Gasteiger partial charge in [-0.3, -0.25) is 9.59 Å². The minimum atomic E-state index is -2.04. The second-order valence-electron chi connectivity index (χ2n) is 5.45. The molecule has 2 aromatic carbocycles. The molecule has 0 saturated heterocycles. The number of carbonyl (C=O) groups is 2. The van der Waals surface area contributed by atoms with Crippen LogP contribution in [0.3, 0.4) is 0 Å². The maximum Gasteiger partial charge on any atom is 0.261 e. The van der Waals surface area contributed by atoms with Crippen LogP contribution in [0.25, 0.3) is 0 Å². The van der Waals surface area contributed by atoms with Crippen LogP contribution in [0.15, 0.2) is 36.4 Å². The predicted octanol–water partition coefficient (Wildman–Crippen LogP) is 2.90. The number of aliphatic hydroxyl groups is 1. The van der Waals surface area contributed by atoms with Crippen molar-refractivity contribution in [2.45, 2.75) is 12.0 Å². The molecule has 7 heteroatoms. The summed E-state index contributed by atoms with van der Waals surface area (Å²) in [6, 6.07) is 7.99. The van der Waals surface area contributed by atoms with Crippen LogP contribution >= 0.6 is 11.6 Å². The van der Waals surface area contributed by atoms with E-state index in [4.69, 9.17) is 16.3 Å². The van der Waals surface area contributed by atoms with Crippen molar-refractivity contribution in [1.82, 2.24) is 0 Å². The van der Waals surface area contributed by atoms with Gasteiger partial charge in [0.2, 0.25) is 0 Å². The molecule has 1 aliphatic heterocycles. The number of amides is 1. The number of methoxy groups -OCH3 is 1. The highest BCUT2D eigenvalue weighted by atomic mass is 35.5. The van der Waals surface area contributed by atoms with Crippen molar-refractivity contribution in [3.63, 3.8) is 0 Å². The van der Waals surface area contributed by atoms with E-state index in [9.17, 15) is 19.1 Å². The standard InChI is InChI=1S/C17H13ClFNO4/c1-24-15-7-10(19)3-4-11(15)14(21)8-17(23)12-6-9(18)2-5-13(12)20-16(17)22/h2-7,23H,8H2,1H3,(H,20,22). The van der Waals surface area contributed by atoms with Crippen molar-refractivity contribution < 1.29 is 23.8 Å². The number of ether oxygens (including phenoxy) is 1. The Morgan fingerprint density at radius 3 is 2.79 bits per heavy atom. The highest BCUT2D eigenvalue weighted by Gasteiger charge is 2.47. The van der Waals surface area contributed by atoms with E-state index in [0.29, 0.717) is 10.7 Å². The summed E-state index contributed by atoms with van der Waals surface area (Å²) in [5, 5.41) is 13.6. The number of carbonyl (C=O) groups excluding carboxylic acids is 2. The van der Waals surface area contributed by atoms with Crippen LogP contribution < -0.4 is 10.1 Å². The van der Waals surface area contributed by atoms with E-state index in [0.717, 1.165) is 12.1 Å². The van der Waals surface area contributed by atoms with Crippen LogP contribution in [0.4, 0.5) is 10.1 Å². The zero-order chi connectivity index (χ0) is 17.5. The first kappa shape index (κ1) is 16.4. The molecule has 1 heterocycles. The Morgan fingerprint density at radius 2 is 2.08 bits per heavy atom. The average molecular weight is 350 g/mol. The van der Waals surface area contributed by atoms with Crippen LogP contribution in [0, 0.1) is 5.82 Å². The zero-order valence-electron chi connectivity index (χ0n) is 12.6. The lowest BCUT2D eigenvalue weighted by Crippen LogP contribution is -2.36. The van der Waals surface area contributed by atoms with Gasteiger partial charge >= 0.3 is 0 Å². The van der Waals surface area contributed by atoms with Crippen LogP contribution in [0.5, 0.6) is 5.75 Å². The Hall–Kier alpha value is -2.44. The first-order valence-electron chi connectivity index (χ1n) is 7.06. The van der Waals surface area contributed by atoms with Crippen molar-refractivity contribution in [3.8, 4) is 5.75 Å². The van der Waals surface area contributed by atoms with Gasteiger partial charge in [-0.15, -0.1) is 0 Å². The van der Waals surface area contributed by atoms with E-state index in [1.807, 2.05) is 0 Å². The van der Waals surface area contributed by atoms with Gasteiger partial charge in [-0.1, -0.05) is 11.6 Å². The number of benzene rings is 2. The second-order valence-corrected chi connectivity index (χ2v) is 5.89. The Bertz CT molecular complexity index is 854. The fourth-order valence-corrected chi connectivity index (χ4v) is 2.89. The maximum atomic E-state index is 13.3. The lowest BCUT2D eigenvalue weighted by atomic mass is 9.88. The highest BCUT2D eigenvalue weighted by molar-refractivity contribution is 6.31. The van der Waals surface area contributed by atoms with Crippen molar-refractivity contribution in [2.24, 2.45) is 0 Å². The Labute approximate surface area is 142 Å². The molecule has 124 valence electrons. The van der Waals surface area contributed by atoms with Gasteiger partial charge in [0.05, 0.1) is 19.1 Å². The number of anilines is 1. The normalized spacial score (nSPS) is 18.9. The van der Waals surface area contributed by atoms with Crippen molar-refractivity contribution in [2.75, 3.05) is 12.4 Å². The number of halogens is 2. The van der Waals surface area contributed by atoms with E-state index in [1.165, 1.54) is 19.2 Å². The zero-order valence-corrected chi connectivity index (χ0v) is 13.4. The molecular weight excluding hydrogens is 337 g/mol. The number of Topliss-reactive ketones (excluding diaryl/α,β-unsaturated/α-hetero) is 1. The maximum absolute atomic E-state index is 13.3. The lowest BCUT2D eigenvalue weighted by Gasteiger charge is -2.20. The molecule has 0 radical (unpaired) electrons. The molecule has 0 bridgehead atoms. The van der Waals surface area contributed by atoms with Crippen LogP contribution in [0.2, 0.25) is 5.02 Å². The molecule has 0 fully saturated rings. The van der Waals surface area contributed by atoms with Crippen LogP contribution in [-0.2, 0) is 10.4 Å². The summed E-state index contributed by atoms with van der Waals surface area (Å²) in [5.74, 6) is -1.79. The van der Waals surface area contributed by atoms with E-state index < -0.39 is 29.5 Å². The fraction of sp³-hybridized carbons (Fsp3) is 0.176. The number of hydrogen-bond donors (Lipinski definition) is 2. The molecule has 3 rings (SSSR count). The summed E-state index contributed by atoms with van der Waals surface area (Å²) in [6.45, 7) is 0. The monoisotopic (exact) mass is 349 g/mol. The van der Waals surface area contributed by atoms with Gasteiger partial charge in [0.1, 0.15) is 11.6 Å². The van der Waals surface area contributed by atoms with Crippen molar-refractivity contribution in [1.29, 1.82) is 0 Å². The average Bonchev–Trinajstić information content (AvgIpc) is 2.78. The van der Waals surface area contributed by atoms with Crippen LogP contribution in [-0.4, -0.2) is 23.9 Å². The van der Waals surface area contributed by atoms with E-state index >= 15 is 0 Å². The highest BCUT2D eigenvalue weighted by Crippen LogP contribution is 2.40. The molecule has 1 aliphatic rings. The number of fused-ring (bicyclic) bond motifs is 1. The second kappa shape index (κ2) is 5.89. The third-order valence-electron chi connectivity index (χ3n) is 3.93. The molecule has 0 spiro atoms. The minimum Gasteiger partial charge on any atom is -0.496 e. The summed E-state index contributed by atoms with van der Waals surface area (Å²) in [7, 11) is 1.30. The third kappa shape index (κ3) is 2.64. The Morgan fingerprint density at radius 1 is 1.33 bits per heavy atom. The Balaban J connectivity index is 1.98. The molecule has 1 atom stereocenters. The minimum absolute atomic E-state index is 0.0355. The van der Waals surface area contributed by atoms with E-state index in [-0.39, 0.29) is 16.9 Å². The molecule has 5 nitrogen and oxygen atoms in total. The van der Waals surface area contributed by atoms with E-state index in [2.05, 4.69) is 5.32 Å². The number of rotatable bonds is 4. The molecular formula is C17H13ClFNO4. The number of hydrogen-bond acceptors (Lipinski definition) is 4.